The van der Waals surface area contributed by atoms with Crippen LogP contribution in [0, 0.1) is 0 Å². The summed E-state index contributed by atoms with van der Waals surface area (Å²) in [6.45, 7) is 3.61. The van der Waals surface area contributed by atoms with Crippen LogP contribution in [0.5, 0.6) is 11.5 Å². The predicted octanol–water partition coefficient (Wildman–Crippen LogP) is 4.86. The van der Waals surface area contributed by atoms with Gasteiger partial charge in [0.2, 0.25) is 0 Å². The van der Waals surface area contributed by atoms with Crippen molar-refractivity contribution in [3.05, 3.63) is 52.5 Å². The van der Waals surface area contributed by atoms with Crippen LogP contribution >= 0.6 is 15.9 Å². The highest BCUT2D eigenvalue weighted by Crippen LogP contribution is 2.28. The molecule has 0 unspecified atom stereocenters. The molecule has 4 heteroatoms. The Morgan fingerprint density at radius 1 is 1.14 bits per heavy atom. The maximum absolute atomic E-state index is 5.65. The summed E-state index contributed by atoms with van der Waals surface area (Å²) >= 11 is 3.49. The Kier molecular flexibility index (Phi) is 5.93. The fourth-order valence-corrected chi connectivity index (χ4v) is 2.49. The summed E-state index contributed by atoms with van der Waals surface area (Å²) in [6.07, 6.45) is 1.02. The summed E-state index contributed by atoms with van der Waals surface area (Å²) in [5.74, 6) is 1.75. The van der Waals surface area contributed by atoms with E-state index in [0.717, 1.165) is 41.2 Å². The van der Waals surface area contributed by atoms with Crippen LogP contribution in [0.3, 0.4) is 0 Å². The van der Waals surface area contributed by atoms with Crippen molar-refractivity contribution >= 4 is 21.6 Å². The van der Waals surface area contributed by atoms with Gasteiger partial charge in [0.1, 0.15) is 11.5 Å². The molecule has 0 aliphatic rings. The summed E-state index contributed by atoms with van der Waals surface area (Å²) in [5, 5.41) is 3.40. The van der Waals surface area contributed by atoms with E-state index in [9.17, 15) is 0 Å². The van der Waals surface area contributed by atoms with Gasteiger partial charge in [-0.3, -0.25) is 0 Å². The summed E-state index contributed by atoms with van der Waals surface area (Å²) in [7, 11) is 1.66. The molecule has 2 aromatic rings. The van der Waals surface area contributed by atoms with Gasteiger partial charge in [0.15, 0.2) is 0 Å². The summed E-state index contributed by atoms with van der Waals surface area (Å²) in [4.78, 5) is 0. The van der Waals surface area contributed by atoms with Crippen LogP contribution < -0.4 is 14.8 Å². The van der Waals surface area contributed by atoms with E-state index in [1.165, 1.54) is 5.56 Å². The van der Waals surface area contributed by atoms with Gasteiger partial charge in [-0.05, 0) is 58.2 Å². The SMILES string of the molecule is CCCOc1cccc(CNc2ccc(OC)c(Br)c2)c1. The lowest BCUT2D eigenvalue weighted by Crippen LogP contribution is -2.01. The fraction of sp³-hybridized carbons (Fsp3) is 0.294. The number of ether oxygens (including phenoxy) is 2. The van der Waals surface area contributed by atoms with E-state index in [-0.39, 0.29) is 0 Å². The molecule has 0 radical (unpaired) electrons. The van der Waals surface area contributed by atoms with Crippen molar-refractivity contribution in [3.63, 3.8) is 0 Å². The van der Waals surface area contributed by atoms with Crippen LogP contribution in [0.25, 0.3) is 0 Å². The molecule has 0 fully saturated rings. The topological polar surface area (TPSA) is 30.5 Å². The molecule has 0 saturated carbocycles. The number of benzene rings is 2. The molecule has 0 bridgehead atoms. The molecule has 112 valence electrons. The minimum Gasteiger partial charge on any atom is -0.496 e. The number of anilines is 1. The third-order valence-electron chi connectivity index (χ3n) is 3.02. The molecular formula is C17H20BrNO2. The maximum atomic E-state index is 5.65. The normalized spacial score (nSPS) is 10.2. The quantitative estimate of drug-likeness (QED) is 0.774. The maximum Gasteiger partial charge on any atom is 0.133 e. The van der Waals surface area contributed by atoms with Crippen LogP contribution in [-0.2, 0) is 6.54 Å². The molecule has 0 aromatic heterocycles. The van der Waals surface area contributed by atoms with Crippen molar-refractivity contribution in [1.29, 1.82) is 0 Å². The van der Waals surface area contributed by atoms with Gasteiger partial charge in [-0.25, -0.2) is 0 Å². The Labute approximate surface area is 134 Å². The van der Waals surface area contributed by atoms with Crippen molar-refractivity contribution in [2.24, 2.45) is 0 Å². The highest BCUT2D eigenvalue weighted by molar-refractivity contribution is 9.10. The Bertz CT molecular complexity index is 587. The van der Waals surface area contributed by atoms with Crippen LogP contribution in [0.15, 0.2) is 46.9 Å². The molecule has 0 amide bonds. The Hall–Kier alpha value is -1.68. The average Bonchev–Trinajstić information content (AvgIpc) is 2.51. The van der Waals surface area contributed by atoms with Crippen molar-refractivity contribution < 1.29 is 9.47 Å². The molecule has 0 atom stereocenters. The summed E-state index contributed by atoms with van der Waals surface area (Å²) < 4.78 is 11.8. The molecule has 2 aromatic carbocycles. The van der Waals surface area contributed by atoms with E-state index in [2.05, 4.69) is 40.3 Å². The zero-order valence-electron chi connectivity index (χ0n) is 12.4. The van der Waals surface area contributed by atoms with E-state index >= 15 is 0 Å². The Morgan fingerprint density at radius 3 is 2.71 bits per heavy atom. The van der Waals surface area contributed by atoms with Crippen LogP contribution in [0.2, 0.25) is 0 Å². The number of nitrogens with one attached hydrogen (secondary N) is 1. The van der Waals surface area contributed by atoms with Gasteiger partial charge >= 0.3 is 0 Å². The first kappa shape index (κ1) is 15.7. The lowest BCUT2D eigenvalue weighted by molar-refractivity contribution is 0.317. The first-order chi connectivity index (χ1) is 10.2. The lowest BCUT2D eigenvalue weighted by atomic mass is 10.2. The van der Waals surface area contributed by atoms with Crippen molar-refractivity contribution in [3.8, 4) is 11.5 Å². The van der Waals surface area contributed by atoms with E-state index in [1.807, 2.05) is 30.3 Å². The van der Waals surface area contributed by atoms with Crippen molar-refractivity contribution in [2.45, 2.75) is 19.9 Å². The van der Waals surface area contributed by atoms with Gasteiger partial charge in [0.05, 0.1) is 18.2 Å². The summed E-state index contributed by atoms with van der Waals surface area (Å²) in [6, 6.07) is 14.1. The molecule has 21 heavy (non-hydrogen) atoms. The van der Waals surface area contributed by atoms with Gasteiger partial charge in [-0.15, -0.1) is 0 Å². The molecule has 1 N–H and O–H groups in total. The molecule has 0 saturated heterocycles. The van der Waals surface area contributed by atoms with Gasteiger partial charge in [-0.1, -0.05) is 19.1 Å². The molecule has 0 spiro atoms. The molecule has 0 heterocycles. The van der Waals surface area contributed by atoms with Crippen LogP contribution in [0.1, 0.15) is 18.9 Å². The average molecular weight is 350 g/mol. The third kappa shape index (κ3) is 4.67. The first-order valence-electron chi connectivity index (χ1n) is 7.02. The van der Waals surface area contributed by atoms with Crippen LogP contribution in [-0.4, -0.2) is 13.7 Å². The van der Waals surface area contributed by atoms with Crippen molar-refractivity contribution in [2.75, 3.05) is 19.0 Å². The van der Waals surface area contributed by atoms with Gasteiger partial charge in [0.25, 0.3) is 0 Å². The molecule has 0 aliphatic heterocycles. The van der Waals surface area contributed by atoms with Gasteiger partial charge in [0, 0.05) is 12.2 Å². The fourth-order valence-electron chi connectivity index (χ4n) is 1.95. The number of hydrogen-bond acceptors (Lipinski definition) is 3. The lowest BCUT2D eigenvalue weighted by Gasteiger charge is -2.10. The smallest absolute Gasteiger partial charge is 0.133 e. The minimum absolute atomic E-state index is 0.752. The van der Waals surface area contributed by atoms with E-state index in [4.69, 9.17) is 9.47 Å². The number of rotatable bonds is 7. The van der Waals surface area contributed by atoms with E-state index < -0.39 is 0 Å². The highest BCUT2D eigenvalue weighted by Gasteiger charge is 2.02. The Balaban J connectivity index is 1.97. The standard InChI is InChI=1S/C17H20BrNO2/c1-3-9-21-15-6-4-5-13(10-15)12-19-14-7-8-17(20-2)16(18)11-14/h4-8,10-11,19H,3,9,12H2,1-2H3. The zero-order chi connectivity index (χ0) is 15.1. The summed E-state index contributed by atoms with van der Waals surface area (Å²) in [5.41, 5.74) is 2.23. The second kappa shape index (κ2) is 7.93. The molecular weight excluding hydrogens is 330 g/mol. The van der Waals surface area contributed by atoms with Gasteiger partial charge < -0.3 is 14.8 Å². The predicted molar refractivity (Wildman–Crippen MR) is 90.2 cm³/mol. The highest BCUT2D eigenvalue weighted by atomic mass is 79.9. The number of halogens is 1. The van der Waals surface area contributed by atoms with Gasteiger partial charge in [-0.2, -0.15) is 0 Å². The second-order valence-corrected chi connectivity index (χ2v) is 5.55. The largest absolute Gasteiger partial charge is 0.496 e. The van der Waals surface area contributed by atoms with E-state index in [1.54, 1.807) is 7.11 Å². The third-order valence-corrected chi connectivity index (χ3v) is 3.64. The second-order valence-electron chi connectivity index (χ2n) is 4.70. The van der Waals surface area contributed by atoms with Crippen molar-refractivity contribution in [1.82, 2.24) is 0 Å². The molecule has 3 nitrogen and oxygen atoms in total. The minimum atomic E-state index is 0.752. The first-order valence-corrected chi connectivity index (χ1v) is 7.81. The number of methoxy groups -OCH3 is 1. The van der Waals surface area contributed by atoms with Crippen LogP contribution in [0.4, 0.5) is 5.69 Å². The zero-order valence-corrected chi connectivity index (χ0v) is 13.9. The molecule has 0 aliphatic carbocycles. The monoisotopic (exact) mass is 349 g/mol. The number of hydrogen-bond donors (Lipinski definition) is 1. The molecule has 2 rings (SSSR count). The van der Waals surface area contributed by atoms with E-state index in [0.29, 0.717) is 0 Å². The Morgan fingerprint density at radius 2 is 2.00 bits per heavy atom.